The van der Waals surface area contributed by atoms with Gasteiger partial charge in [-0.1, -0.05) is 87.3 Å². The maximum Gasteiger partial charge on any atom is 0.233 e. The molecule has 0 bridgehead atoms. The lowest BCUT2D eigenvalue weighted by Crippen LogP contribution is -2.22. The van der Waals surface area contributed by atoms with Crippen LogP contribution in [0.2, 0.25) is 0 Å². The number of hydrogen-bond acceptors (Lipinski definition) is 2. The van der Waals surface area contributed by atoms with Crippen LogP contribution in [0.15, 0.2) is 54.6 Å². The summed E-state index contributed by atoms with van der Waals surface area (Å²) in [5.41, 5.74) is 2.48. The van der Waals surface area contributed by atoms with E-state index in [4.69, 9.17) is 0 Å². The van der Waals surface area contributed by atoms with Crippen molar-refractivity contribution in [2.75, 3.05) is 10.5 Å². The number of anilines is 1. The van der Waals surface area contributed by atoms with Gasteiger partial charge in [0.1, 0.15) is 0 Å². The van der Waals surface area contributed by atoms with Crippen LogP contribution in [0, 0.1) is 5.92 Å². The van der Waals surface area contributed by atoms with E-state index >= 15 is 0 Å². The predicted molar refractivity (Wildman–Crippen MR) is 105 cm³/mol. The van der Waals surface area contributed by atoms with Gasteiger partial charge in [0, 0.05) is 5.56 Å². The summed E-state index contributed by atoms with van der Waals surface area (Å²) in [6.45, 7) is 1.93. The largest absolute Gasteiger partial charge is 0.283 e. The molecule has 0 aromatic heterocycles. The van der Waals surface area contributed by atoms with Gasteiger partial charge < -0.3 is 0 Å². The van der Waals surface area contributed by atoms with Gasteiger partial charge in [-0.3, -0.25) is 4.72 Å². The van der Waals surface area contributed by atoms with Crippen molar-refractivity contribution < 1.29 is 8.42 Å². The van der Waals surface area contributed by atoms with Crippen LogP contribution in [0.4, 0.5) is 5.69 Å². The Kier molecular flexibility index (Phi) is 6.68. The van der Waals surface area contributed by atoms with E-state index in [1.54, 1.807) is 6.07 Å². The van der Waals surface area contributed by atoms with Gasteiger partial charge in [-0.05, 0) is 24.0 Å². The number of halogens is 2. The Hall–Kier alpha value is -0.850. The molecule has 3 nitrogen and oxygen atoms in total. The van der Waals surface area contributed by atoms with E-state index in [0.717, 1.165) is 17.5 Å². The highest BCUT2D eigenvalue weighted by molar-refractivity contribution is 9.24. The summed E-state index contributed by atoms with van der Waals surface area (Å²) in [7, 11) is -3.40. The molecule has 1 N–H and O–H groups in total. The number of benzene rings is 2. The van der Waals surface area contributed by atoms with Crippen LogP contribution < -0.4 is 4.72 Å². The van der Waals surface area contributed by atoms with Gasteiger partial charge in [0.15, 0.2) is 0 Å². The van der Waals surface area contributed by atoms with E-state index < -0.39 is 10.0 Å². The molecule has 23 heavy (non-hydrogen) atoms. The van der Waals surface area contributed by atoms with E-state index in [2.05, 4.69) is 36.6 Å². The van der Waals surface area contributed by atoms with Gasteiger partial charge in [0.25, 0.3) is 0 Å². The average molecular weight is 461 g/mol. The smallest absolute Gasteiger partial charge is 0.233 e. The minimum atomic E-state index is -3.40. The standard InChI is InChI=1S/C17H19Br2NO2S/c1-13(11-17(18)19)12-23(21,22)20-16-10-6-5-9-15(16)14-7-3-2-4-8-14/h2-10,13,17,20H,11-12H2,1H3. The number of rotatable bonds is 7. The molecule has 0 saturated heterocycles. The van der Waals surface area contributed by atoms with Gasteiger partial charge in [0.2, 0.25) is 10.0 Å². The van der Waals surface area contributed by atoms with E-state index in [1.807, 2.05) is 55.5 Å². The fourth-order valence-electron chi connectivity index (χ4n) is 2.40. The molecule has 0 saturated carbocycles. The molecular formula is C17H19Br2NO2S. The summed E-state index contributed by atoms with van der Waals surface area (Å²) in [5.74, 6) is 0.129. The SMILES string of the molecule is CC(CC(Br)Br)CS(=O)(=O)Nc1ccccc1-c1ccccc1. The van der Waals surface area contributed by atoms with Crippen molar-refractivity contribution in [2.24, 2.45) is 5.92 Å². The number of nitrogens with one attached hydrogen (secondary N) is 1. The molecule has 0 aliphatic heterocycles. The lowest BCUT2D eigenvalue weighted by Gasteiger charge is -2.16. The molecule has 2 aromatic carbocycles. The third-order valence-electron chi connectivity index (χ3n) is 3.36. The Labute approximate surface area is 154 Å². The predicted octanol–water partition coefficient (Wildman–Crippen LogP) is 5.24. The Balaban J connectivity index is 2.20. The van der Waals surface area contributed by atoms with Crippen LogP contribution >= 0.6 is 31.9 Å². The molecule has 0 aliphatic rings. The van der Waals surface area contributed by atoms with Gasteiger partial charge >= 0.3 is 0 Å². The van der Waals surface area contributed by atoms with Crippen molar-refractivity contribution in [1.29, 1.82) is 0 Å². The molecule has 2 aromatic rings. The summed E-state index contributed by atoms with van der Waals surface area (Å²) in [4.78, 5) is 0. The zero-order chi connectivity index (χ0) is 16.9. The summed E-state index contributed by atoms with van der Waals surface area (Å²) >= 11 is 6.79. The highest BCUT2D eigenvalue weighted by Crippen LogP contribution is 2.29. The second kappa shape index (κ2) is 8.31. The summed E-state index contributed by atoms with van der Waals surface area (Å²) in [5, 5.41) is 0. The Morgan fingerprint density at radius 3 is 2.26 bits per heavy atom. The van der Waals surface area contributed by atoms with Crippen molar-refractivity contribution in [2.45, 2.75) is 17.1 Å². The lowest BCUT2D eigenvalue weighted by atomic mass is 10.0. The van der Waals surface area contributed by atoms with Crippen LogP contribution in [0.1, 0.15) is 13.3 Å². The van der Waals surface area contributed by atoms with Gasteiger partial charge in [-0.25, -0.2) is 8.42 Å². The summed E-state index contributed by atoms with van der Waals surface area (Å²) < 4.78 is 27.7. The second-order valence-corrected chi connectivity index (χ2v) is 10.7. The van der Waals surface area contributed by atoms with Crippen LogP contribution in [0.5, 0.6) is 0 Å². The summed E-state index contributed by atoms with van der Waals surface area (Å²) in [6.07, 6.45) is 0.737. The molecule has 124 valence electrons. The van der Waals surface area contributed by atoms with Crippen LogP contribution in [0.25, 0.3) is 11.1 Å². The van der Waals surface area contributed by atoms with E-state index in [9.17, 15) is 8.42 Å². The molecule has 0 radical (unpaired) electrons. The molecule has 6 heteroatoms. The second-order valence-electron chi connectivity index (χ2n) is 5.53. The van der Waals surface area contributed by atoms with Crippen molar-refractivity contribution >= 4 is 47.6 Å². The van der Waals surface area contributed by atoms with Crippen LogP contribution in [-0.4, -0.2) is 17.9 Å². The molecule has 1 atom stereocenters. The van der Waals surface area contributed by atoms with Gasteiger partial charge in [-0.15, -0.1) is 0 Å². The van der Waals surface area contributed by atoms with E-state index in [-0.39, 0.29) is 15.4 Å². The third-order valence-corrected chi connectivity index (χ3v) is 5.65. The fraction of sp³-hybridized carbons (Fsp3) is 0.294. The summed E-state index contributed by atoms with van der Waals surface area (Å²) in [6, 6.07) is 17.2. The van der Waals surface area contributed by atoms with Crippen LogP contribution in [0.3, 0.4) is 0 Å². The highest BCUT2D eigenvalue weighted by Gasteiger charge is 2.19. The number of sulfonamides is 1. The number of hydrogen-bond donors (Lipinski definition) is 1. The minimum absolute atomic E-state index is 0.0418. The molecule has 0 aliphatic carbocycles. The lowest BCUT2D eigenvalue weighted by molar-refractivity contribution is 0.568. The number of alkyl halides is 2. The van der Waals surface area contributed by atoms with E-state index in [1.165, 1.54) is 0 Å². The molecule has 0 heterocycles. The zero-order valence-corrected chi connectivity index (χ0v) is 16.7. The molecule has 0 fully saturated rings. The Morgan fingerprint density at radius 2 is 1.61 bits per heavy atom. The molecule has 1 unspecified atom stereocenters. The average Bonchev–Trinajstić information content (AvgIpc) is 2.46. The zero-order valence-electron chi connectivity index (χ0n) is 12.7. The Morgan fingerprint density at radius 1 is 1.00 bits per heavy atom. The molecule has 0 amide bonds. The topological polar surface area (TPSA) is 46.2 Å². The molecular weight excluding hydrogens is 442 g/mol. The van der Waals surface area contributed by atoms with Gasteiger partial charge in [-0.2, -0.15) is 0 Å². The highest BCUT2D eigenvalue weighted by atomic mass is 79.9. The number of para-hydroxylation sites is 1. The minimum Gasteiger partial charge on any atom is -0.283 e. The first kappa shape index (κ1) is 18.5. The first-order chi connectivity index (χ1) is 10.9. The quantitative estimate of drug-likeness (QED) is 0.574. The van der Waals surface area contributed by atoms with Crippen molar-refractivity contribution in [3.8, 4) is 11.1 Å². The van der Waals surface area contributed by atoms with Crippen LogP contribution in [-0.2, 0) is 10.0 Å². The first-order valence-corrected chi connectivity index (χ1v) is 10.8. The van der Waals surface area contributed by atoms with E-state index in [0.29, 0.717) is 5.69 Å². The first-order valence-electron chi connectivity index (χ1n) is 7.30. The van der Waals surface area contributed by atoms with Crippen molar-refractivity contribution in [3.05, 3.63) is 54.6 Å². The van der Waals surface area contributed by atoms with Crippen molar-refractivity contribution in [1.82, 2.24) is 0 Å². The monoisotopic (exact) mass is 459 g/mol. The Bertz CT molecular complexity index is 733. The molecule has 0 spiro atoms. The van der Waals surface area contributed by atoms with Gasteiger partial charge in [0.05, 0.1) is 15.2 Å². The third kappa shape index (κ3) is 5.94. The normalized spacial score (nSPS) is 13.0. The maximum atomic E-state index is 12.4. The van der Waals surface area contributed by atoms with Crippen molar-refractivity contribution in [3.63, 3.8) is 0 Å². The fourth-order valence-corrected chi connectivity index (χ4v) is 5.16. The molecule has 2 rings (SSSR count). The maximum absolute atomic E-state index is 12.4.